The Morgan fingerprint density at radius 1 is 1.19 bits per heavy atom. The molecule has 2 aliphatic rings. The van der Waals surface area contributed by atoms with Crippen molar-refractivity contribution in [2.45, 2.75) is 57.5 Å². The molecule has 1 aliphatic heterocycles. The van der Waals surface area contributed by atoms with Crippen molar-refractivity contribution in [1.29, 1.82) is 0 Å². The number of aromatic nitrogens is 1. The molecule has 3 nitrogen and oxygen atoms in total. The first-order valence-electron chi connectivity index (χ1n) is 7.97. The predicted molar refractivity (Wildman–Crippen MR) is 89.4 cm³/mol. The van der Waals surface area contributed by atoms with Crippen LogP contribution in [0.5, 0.6) is 0 Å². The van der Waals surface area contributed by atoms with Gasteiger partial charge in [-0.2, -0.15) is 0 Å². The highest BCUT2D eigenvalue weighted by molar-refractivity contribution is 6.34. The molecule has 1 aliphatic carbocycles. The smallest absolute Gasteiger partial charge is 0.154 e. The number of rotatable bonds is 3. The standard InChI is InChI=1S/C16H23Cl2N3/c1-10-9-14(17)21-16(18)15(10)20-13-6-3-2-5-11(13)12-7-4-8-19-12/h9,11-13,19-20H,2-8H2,1H3. The number of pyridine rings is 1. The molecule has 1 aromatic heterocycles. The van der Waals surface area contributed by atoms with Crippen molar-refractivity contribution in [2.75, 3.05) is 11.9 Å². The molecule has 3 unspecified atom stereocenters. The van der Waals surface area contributed by atoms with Gasteiger partial charge in [0.25, 0.3) is 0 Å². The van der Waals surface area contributed by atoms with Crippen LogP contribution in [0.1, 0.15) is 44.1 Å². The third-order valence-corrected chi connectivity index (χ3v) is 5.37. The van der Waals surface area contributed by atoms with E-state index in [1.54, 1.807) is 0 Å². The van der Waals surface area contributed by atoms with E-state index in [9.17, 15) is 0 Å². The van der Waals surface area contributed by atoms with Gasteiger partial charge in [0.15, 0.2) is 5.15 Å². The first-order chi connectivity index (χ1) is 10.1. The molecule has 3 atom stereocenters. The Balaban J connectivity index is 1.78. The van der Waals surface area contributed by atoms with Crippen LogP contribution < -0.4 is 10.6 Å². The minimum Gasteiger partial charge on any atom is -0.379 e. The molecule has 0 radical (unpaired) electrons. The van der Waals surface area contributed by atoms with Gasteiger partial charge in [0.05, 0.1) is 5.69 Å². The van der Waals surface area contributed by atoms with E-state index in [-0.39, 0.29) is 0 Å². The van der Waals surface area contributed by atoms with Crippen LogP contribution in [-0.4, -0.2) is 23.6 Å². The highest BCUT2D eigenvalue weighted by Gasteiger charge is 2.33. The number of hydrogen-bond donors (Lipinski definition) is 2. The maximum Gasteiger partial charge on any atom is 0.154 e. The molecule has 116 valence electrons. The van der Waals surface area contributed by atoms with Gasteiger partial charge in [-0.25, -0.2) is 4.98 Å². The normalized spacial score (nSPS) is 29.6. The van der Waals surface area contributed by atoms with E-state index in [4.69, 9.17) is 23.2 Å². The molecule has 1 saturated carbocycles. The number of anilines is 1. The summed E-state index contributed by atoms with van der Waals surface area (Å²) < 4.78 is 0. The van der Waals surface area contributed by atoms with E-state index in [0.29, 0.717) is 28.3 Å². The first-order valence-corrected chi connectivity index (χ1v) is 8.73. The second kappa shape index (κ2) is 6.72. The Kier molecular flexibility index (Phi) is 4.92. The van der Waals surface area contributed by atoms with Crippen molar-refractivity contribution < 1.29 is 0 Å². The molecule has 1 aromatic rings. The van der Waals surface area contributed by atoms with Gasteiger partial charge in [-0.05, 0) is 56.7 Å². The fourth-order valence-electron chi connectivity index (χ4n) is 3.85. The largest absolute Gasteiger partial charge is 0.379 e. The van der Waals surface area contributed by atoms with Crippen molar-refractivity contribution in [3.05, 3.63) is 21.9 Å². The van der Waals surface area contributed by atoms with Crippen LogP contribution in [0, 0.1) is 12.8 Å². The third kappa shape index (κ3) is 3.46. The summed E-state index contributed by atoms with van der Waals surface area (Å²) in [6.45, 7) is 3.20. The molecule has 2 N–H and O–H groups in total. The van der Waals surface area contributed by atoms with Crippen LogP contribution in [0.25, 0.3) is 0 Å². The van der Waals surface area contributed by atoms with Gasteiger partial charge in [-0.15, -0.1) is 0 Å². The molecule has 0 bridgehead atoms. The number of halogens is 2. The molecule has 2 heterocycles. The van der Waals surface area contributed by atoms with Crippen molar-refractivity contribution in [3.63, 3.8) is 0 Å². The van der Waals surface area contributed by atoms with Crippen LogP contribution in [0.3, 0.4) is 0 Å². The minimum absolute atomic E-state index is 0.459. The van der Waals surface area contributed by atoms with Crippen LogP contribution >= 0.6 is 23.2 Å². The molecular formula is C16H23Cl2N3. The Labute approximate surface area is 136 Å². The Morgan fingerprint density at radius 2 is 2.00 bits per heavy atom. The highest BCUT2D eigenvalue weighted by atomic mass is 35.5. The topological polar surface area (TPSA) is 37.0 Å². The first kappa shape index (κ1) is 15.4. The van der Waals surface area contributed by atoms with Gasteiger partial charge in [0.1, 0.15) is 5.15 Å². The van der Waals surface area contributed by atoms with Gasteiger partial charge in [0.2, 0.25) is 0 Å². The number of nitrogens with zero attached hydrogens (tertiary/aromatic N) is 1. The van der Waals surface area contributed by atoms with Crippen molar-refractivity contribution in [2.24, 2.45) is 5.92 Å². The summed E-state index contributed by atoms with van der Waals surface area (Å²) in [6.07, 6.45) is 7.74. The Hall–Kier alpha value is -0.510. The van der Waals surface area contributed by atoms with Gasteiger partial charge in [-0.3, -0.25) is 0 Å². The summed E-state index contributed by atoms with van der Waals surface area (Å²) in [5, 5.41) is 8.30. The molecule has 0 aromatic carbocycles. The lowest BCUT2D eigenvalue weighted by Gasteiger charge is -2.37. The van der Waals surface area contributed by atoms with E-state index < -0.39 is 0 Å². The van der Waals surface area contributed by atoms with E-state index in [0.717, 1.165) is 17.8 Å². The molecule has 0 amide bonds. The zero-order valence-corrected chi connectivity index (χ0v) is 14.0. The second-order valence-corrected chi connectivity index (χ2v) is 7.07. The van der Waals surface area contributed by atoms with Gasteiger partial charge in [-0.1, -0.05) is 36.0 Å². The summed E-state index contributed by atoms with van der Waals surface area (Å²) in [7, 11) is 0. The monoisotopic (exact) mass is 327 g/mol. The summed E-state index contributed by atoms with van der Waals surface area (Å²) in [4.78, 5) is 4.18. The van der Waals surface area contributed by atoms with Crippen molar-refractivity contribution >= 4 is 28.9 Å². The van der Waals surface area contributed by atoms with E-state index in [1.807, 2.05) is 13.0 Å². The quantitative estimate of drug-likeness (QED) is 0.807. The van der Waals surface area contributed by atoms with E-state index >= 15 is 0 Å². The fraction of sp³-hybridized carbons (Fsp3) is 0.688. The Morgan fingerprint density at radius 3 is 2.71 bits per heavy atom. The van der Waals surface area contributed by atoms with Gasteiger partial charge < -0.3 is 10.6 Å². The average Bonchev–Trinajstić information content (AvgIpc) is 2.97. The molecule has 3 rings (SSSR count). The zero-order valence-electron chi connectivity index (χ0n) is 12.5. The molecule has 2 fully saturated rings. The fourth-order valence-corrected chi connectivity index (χ4v) is 4.44. The molecule has 21 heavy (non-hydrogen) atoms. The van der Waals surface area contributed by atoms with Gasteiger partial charge >= 0.3 is 0 Å². The molecule has 5 heteroatoms. The maximum absolute atomic E-state index is 6.29. The van der Waals surface area contributed by atoms with Crippen LogP contribution in [0.2, 0.25) is 10.3 Å². The average molecular weight is 328 g/mol. The summed E-state index contributed by atoms with van der Waals surface area (Å²) >= 11 is 12.3. The number of aryl methyl sites for hydroxylation is 1. The summed E-state index contributed by atoms with van der Waals surface area (Å²) in [5.41, 5.74) is 2.03. The van der Waals surface area contributed by atoms with Crippen LogP contribution in [-0.2, 0) is 0 Å². The molecule has 1 saturated heterocycles. The third-order valence-electron chi connectivity index (χ3n) is 4.91. The number of hydrogen-bond acceptors (Lipinski definition) is 3. The van der Waals surface area contributed by atoms with Crippen LogP contribution in [0.15, 0.2) is 6.07 Å². The number of nitrogens with one attached hydrogen (secondary N) is 2. The lowest BCUT2D eigenvalue weighted by molar-refractivity contribution is 0.262. The maximum atomic E-state index is 6.29. The highest BCUT2D eigenvalue weighted by Crippen LogP contribution is 2.35. The molecule has 0 spiro atoms. The van der Waals surface area contributed by atoms with E-state index in [2.05, 4.69) is 15.6 Å². The van der Waals surface area contributed by atoms with Crippen molar-refractivity contribution in [1.82, 2.24) is 10.3 Å². The van der Waals surface area contributed by atoms with Crippen molar-refractivity contribution in [3.8, 4) is 0 Å². The van der Waals surface area contributed by atoms with E-state index in [1.165, 1.54) is 38.5 Å². The van der Waals surface area contributed by atoms with Crippen LogP contribution in [0.4, 0.5) is 5.69 Å². The lowest BCUT2D eigenvalue weighted by Crippen LogP contribution is -2.43. The zero-order chi connectivity index (χ0) is 14.8. The summed E-state index contributed by atoms with van der Waals surface area (Å²) in [5.74, 6) is 0.687. The lowest BCUT2D eigenvalue weighted by atomic mass is 9.79. The SMILES string of the molecule is Cc1cc(Cl)nc(Cl)c1NC1CCCCC1C1CCCN1. The Bertz CT molecular complexity index is 477. The molecular weight excluding hydrogens is 305 g/mol. The van der Waals surface area contributed by atoms with Gasteiger partial charge in [0, 0.05) is 12.1 Å². The second-order valence-electron chi connectivity index (χ2n) is 6.33. The minimum atomic E-state index is 0.459. The summed E-state index contributed by atoms with van der Waals surface area (Å²) in [6, 6.07) is 3.01. The predicted octanol–water partition coefficient (Wildman–Crippen LogP) is 4.42.